The van der Waals surface area contributed by atoms with Crippen molar-refractivity contribution >= 4 is 11.9 Å². The highest BCUT2D eigenvalue weighted by Crippen LogP contribution is 2.18. The van der Waals surface area contributed by atoms with E-state index in [-0.39, 0.29) is 13.2 Å². The molecule has 0 amide bonds. The van der Waals surface area contributed by atoms with Crippen LogP contribution in [-0.4, -0.2) is 38.4 Å². The molecule has 0 heterocycles. The van der Waals surface area contributed by atoms with Crippen molar-refractivity contribution in [3.05, 3.63) is 85.3 Å². The molecule has 0 atom stereocenters. The fourth-order valence-corrected chi connectivity index (χ4v) is 3.66. The van der Waals surface area contributed by atoms with Gasteiger partial charge in [-0.25, -0.2) is 9.59 Å². The maximum absolute atomic E-state index is 12.4. The molecule has 7 nitrogen and oxygen atoms in total. The van der Waals surface area contributed by atoms with E-state index in [4.69, 9.17) is 23.7 Å². The second-order valence-corrected chi connectivity index (χ2v) is 8.68. The molecule has 0 saturated carbocycles. The molecular weight excluding hydrogens is 484 g/mol. The minimum Gasteiger partial charge on any atom is -0.502 e. The number of hydrogen-bond donors (Lipinski definition) is 0. The van der Waals surface area contributed by atoms with Crippen LogP contribution in [0.3, 0.4) is 0 Å². The molecule has 0 aliphatic rings. The summed E-state index contributed by atoms with van der Waals surface area (Å²) in [7, 11) is 0. The molecule has 0 N–H and O–H groups in total. The van der Waals surface area contributed by atoms with Crippen LogP contribution in [0.25, 0.3) is 0 Å². The lowest BCUT2D eigenvalue weighted by atomic mass is 10.1. The van der Waals surface area contributed by atoms with Crippen molar-refractivity contribution in [2.24, 2.45) is 0 Å². The predicted octanol–water partition coefficient (Wildman–Crippen LogP) is 7.27. The van der Waals surface area contributed by atoms with Crippen molar-refractivity contribution in [3.8, 4) is 11.5 Å². The van der Waals surface area contributed by atoms with Crippen LogP contribution in [0.5, 0.6) is 11.5 Å². The van der Waals surface area contributed by atoms with Crippen molar-refractivity contribution in [3.63, 3.8) is 0 Å². The van der Waals surface area contributed by atoms with Crippen LogP contribution in [0, 0.1) is 0 Å². The summed E-state index contributed by atoms with van der Waals surface area (Å²) in [4.78, 5) is 24.4. The van der Waals surface area contributed by atoms with Gasteiger partial charge in [-0.1, -0.05) is 58.1 Å². The van der Waals surface area contributed by atoms with Gasteiger partial charge < -0.3 is 23.7 Å². The molecule has 0 aliphatic carbocycles. The fourth-order valence-electron chi connectivity index (χ4n) is 3.66. The number of benzene rings is 2. The van der Waals surface area contributed by atoms with Crippen molar-refractivity contribution in [2.45, 2.75) is 57.8 Å². The Morgan fingerprint density at radius 3 is 1.61 bits per heavy atom. The summed E-state index contributed by atoms with van der Waals surface area (Å²) >= 11 is 0. The molecule has 2 aromatic rings. The Kier molecular flexibility index (Phi) is 15.5. The molecule has 38 heavy (non-hydrogen) atoms. The monoisotopic (exact) mass is 524 g/mol. The largest absolute Gasteiger partial charge is 0.502 e. The molecule has 0 aromatic heterocycles. The molecule has 0 radical (unpaired) electrons. The number of carbonyl (C=O) groups excluding carboxylic acids is 2. The predicted molar refractivity (Wildman–Crippen MR) is 147 cm³/mol. The van der Waals surface area contributed by atoms with Crippen molar-refractivity contribution in [2.75, 3.05) is 26.4 Å². The minimum atomic E-state index is -0.487. The van der Waals surface area contributed by atoms with Gasteiger partial charge in [0, 0.05) is 0 Å². The second kappa shape index (κ2) is 19.4. The average molecular weight is 525 g/mol. The third kappa shape index (κ3) is 13.0. The number of esters is 2. The smallest absolute Gasteiger partial charge is 0.343 e. The van der Waals surface area contributed by atoms with Crippen LogP contribution >= 0.6 is 0 Å². The first kappa shape index (κ1) is 30.5. The minimum absolute atomic E-state index is 0.121. The van der Waals surface area contributed by atoms with Gasteiger partial charge in [0.2, 0.25) is 0 Å². The lowest BCUT2D eigenvalue weighted by Crippen LogP contribution is -2.10. The first-order valence-corrected chi connectivity index (χ1v) is 13.3. The average Bonchev–Trinajstić information content (AvgIpc) is 2.94. The lowest BCUT2D eigenvalue weighted by molar-refractivity contribution is 0.0421. The Labute approximate surface area is 226 Å². The quantitative estimate of drug-likeness (QED) is 0.0735. The SMILES string of the molecule is C=COCCCCCCCCCCCOc1ccc(C(=O)Oc2ccc(C(=O)OCCOC=C)cc2)cc1. The summed E-state index contributed by atoms with van der Waals surface area (Å²) in [5.41, 5.74) is 0.766. The Hall–Kier alpha value is -3.74. The Morgan fingerprint density at radius 1 is 0.553 bits per heavy atom. The van der Waals surface area contributed by atoms with E-state index in [1.54, 1.807) is 48.5 Å². The summed E-state index contributed by atoms with van der Waals surface area (Å²) in [5, 5.41) is 0. The van der Waals surface area contributed by atoms with Gasteiger partial charge >= 0.3 is 11.9 Å². The maximum Gasteiger partial charge on any atom is 0.343 e. The standard InChI is InChI=1S/C31H40O7/c1-3-34-22-12-10-8-6-5-7-9-11-13-23-36-28-18-14-27(15-19-28)31(33)38-29-20-16-26(17-21-29)30(32)37-25-24-35-4-2/h3-4,14-21H,1-2,5-13,22-25H2. The molecule has 0 spiro atoms. The highest BCUT2D eigenvalue weighted by molar-refractivity contribution is 5.92. The highest BCUT2D eigenvalue weighted by atomic mass is 16.6. The molecule has 0 unspecified atom stereocenters. The summed E-state index contributed by atoms with van der Waals surface area (Å²) < 4.78 is 26.3. The molecule has 2 rings (SSSR count). The van der Waals surface area contributed by atoms with Crippen LogP contribution in [0.4, 0.5) is 0 Å². The Morgan fingerprint density at radius 2 is 1.03 bits per heavy atom. The fraction of sp³-hybridized carbons (Fsp3) is 0.419. The van der Waals surface area contributed by atoms with E-state index in [2.05, 4.69) is 13.2 Å². The van der Waals surface area contributed by atoms with Gasteiger partial charge in [-0.15, -0.1) is 0 Å². The third-order valence-corrected chi connectivity index (χ3v) is 5.74. The van der Waals surface area contributed by atoms with Gasteiger partial charge in [-0.2, -0.15) is 0 Å². The van der Waals surface area contributed by atoms with Gasteiger partial charge in [0.15, 0.2) is 0 Å². The Balaban J connectivity index is 1.58. The number of rotatable bonds is 21. The second-order valence-electron chi connectivity index (χ2n) is 8.68. The topological polar surface area (TPSA) is 80.3 Å². The zero-order chi connectivity index (χ0) is 27.3. The van der Waals surface area contributed by atoms with Crippen molar-refractivity contribution in [1.82, 2.24) is 0 Å². The highest BCUT2D eigenvalue weighted by Gasteiger charge is 2.11. The van der Waals surface area contributed by atoms with Gasteiger partial charge in [0.05, 0.1) is 36.9 Å². The van der Waals surface area contributed by atoms with Gasteiger partial charge in [-0.3, -0.25) is 0 Å². The first-order chi connectivity index (χ1) is 18.6. The summed E-state index contributed by atoms with van der Waals surface area (Å²) in [6, 6.07) is 13.1. The first-order valence-electron chi connectivity index (χ1n) is 13.3. The van der Waals surface area contributed by atoms with E-state index in [0.29, 0.717) is 23.5 Å². The molecular formula is C31H40O7. The summed E-state index contributed by atoms with van der Waals surface area (Å²) in [5.74, 6) is 0.0882. The van der Waals surface area contributed by atoms with Gasteiger partial charge in [-0.05, 0) is 61.4 Å². The van der Waals surface area contributed by atoms with Crippen LogP contribution < -0.4 is 9.47 Å². The van der Waals surface area contributed by atoms with E-state index >= 15 is 0 Å². The number of hydrogen-bond acceptors (Lipinski definition) is 7. The maximum atomic E-state index is 12.4. The van der Waals surface area contributed by atoms with Gasteiger partial charge in [0.25, 0.3) is 0 Å². The lowest BCUT2D eigenvalue weighted by Gasteiger charge is -2.08. The van der Waals surface area contributed by atoms with Crippen LogP contribution in [0.1, 0.15) is 78.5 Å². The zero-order valence-electron chi connectivity index (χ0n) is 22.2. The molecule has 2 aromatic carbocycles. The molecule has 0 aliphatic heterocycles. The normalized spacial score (nSPS) is 10.3. The van der Waals surface area contributed by atoms with E-state index in [0.717, 1.165) is 31.6 Å². The third-order valence-electron chi connectivity index (χ3n) is 5.74. The summed E-state index contributed by atoms with van der Waals surface area (Å²) in [6.07, 6.45) is 13.6. The zero-order valence-corrected chi connectivity index (χ0v) is 22.2. The van der Waals surface area contributed by atoms with Crippen LogP contribution in [-0.2, 0) is 14.2 Å². The molecule has 206 valence electrons. The van der Waals surface area contributed by atoms with Crippen molar-refractivity contribution in [1.29, 1.82) is 0 Å². The van der Waals surface area contributed by atoms with Crippen molar-refractivity contribution < 1.29 is 33.3 Å². The van der Waals surface area contributed by atoms with Crippen LogP contribution in [0.2, 0.25) is 0 Å². The molecule has 0 bridgehead atoms. The van der Waals surface area contributed by atoms with Gasteiger partial charge in [0.1, 0.15) is 24.7 Å². The molecule has 0 saturated heterocycles. The number of ether oxygens (including phenoxy) is 5. The van der Waals surface area contributed by atoms with Crippen LogP contribution in [0.15, 0.2) is 74.2 Å². The molecule has 0 fully saturated rings. The number of unbranched alkanes of at least 4 members (excludes halogenated alkanes) is 8. The van der Waals surface area contributed by atoms with E-state index in [1.165, 1.54) is 51.0 Å². The number of carbonyl (C=O) groups is 2. The Bertz CT molecular complexity index is 951. The summed E-state index contributed by atoms with van der Waals surface area (Å²) in [6.45, 7) is 8.75. The van der Waals surface area contributed by atoms with E-state index in [9.17, 15) is 9.59 Å². The van der Waals surface area contributed by atoms with E-state index in [1.807, 2.05) is 0 Å². The van der Waals surface area contributed by atoms with E-state index < -0.39 is 11.9 Å². The molecule has 7 heteroatoms.